The fourth-order valence-electron chi connectivity index (χ4n) is 3.27. The van der Waals surface area contributed by atoms with E-state index in [1.54, 1.807) is 17.0 Å². The molecule has 0 spiro atoms. The van der Waals surface area contributed by atoms with Crippen LogP contribution in [0.1, 0.15) is 24.0 Å². The summed E-state index contributed by atoms with van der Waals surface area (Å²) in [6.45, 7) is 1.60. The number of thioether (sulfide) groups is 1. The Kier molecular flexibility index (Phi) is 6.87. The molecule has 0 N–H and O–H groups in total. The standard InChI is InChI=1S/C22H19BrFNO3S2/c23-18-10-15(5-8-19(18)28-13-14-3-6-16(24)7-4-14)11-20-21(26)25(22(29)30-20)12-17-2-1-9-27-17/h3-8,10-11,17H,1-2,9,12-13H2/b20-11-/t17-/m1/s1. The number of carbonyl (C=O) groups excluding carboxylic acids is 1. The van der Waals surface area contributed by atoms with Crippen LogP contribution in [0.15, 0.2) is 51.8 Å². The van der Waals surface area contributed by atoms with Crippen molar-refractivity contribution in [2.24, 2.45) is 0 Å². The molecule has 2 fully saturated rings. The van der Waals surface area contributed by atoms with Crippen LogP contribution in [0.3, 0.4) is 0 Å². The van der Waals surface area contributed by atoms with E-state index in [1.807, 2.05) is 24.3 Å². The minimum atomic E-state index is -0.273. The van der Waals surface area contributed by atoms with Crippen LogP contribution in [-0.2, 0) is 16.1 Å². The van der Waals surface area contributed by atoms with Crippen molar-refractivity contribution in [1.29, 1.82) is 0 Å². The molecule has 4 rings (SSSR count). The quantitative estimate of drug-likeness (QED) is 0.378. The van der Waals surface area contributed by atoms with Crippen molar-refractivity contribution in [3.63, 3.8) is 0 Å². The van der Waals surface area contributed by atoms with Gasteiger partial charge in [-0.1, -0.05) is 42.2 Å². The number of benzene rings is 2. The van der Waals surface area contributed by atoms with Gasteiger partial charge in [0.25, 0.3) is 5.91 Å². The van der Waals surface area contributed by atoms with Crippen molar-refractivity contribution in [2.75, 3.05) is 13.2 Å². The summed E-state index contributed by atoms with van der Waals surface area (Å²) in [5.41, 5.74) is 1.75. The number of hydrogen-bond acceptors (Lipinski definition) is 5. The molecule has 30 heavy (non-hydrogen) atoms. The second kappa shape index (κ2) is 9.60. The average Bonchev–Trinajstić information content (AvgIpc) is 3.33. The molecule has 4 nitrogen and oxygen atoms in total. The Morgan fingerprint density at radius 2 is 2.10 bits per heavy atom. The molecule has 0 unspecified atom stereocenters. The normalized spacial score (nSPS) is 20.4. The molecule has 2 saturated heterocycles. The molecule has 0 radical (unpaired) electrons. The lowest BCUT2D eigenvalue weighted by molar-refractivity contribution is -0.123. The van der Waals surface area contributed by atoms with Gasteiger partial charge in [0.05, 0.1) is 22.0 Å². The maximum atomic E-state index is 13.0. The summed E-state index contributed by atoms with van der Waals surface area (Å²) < 4.78 is 25.8. The maximum Gasteiger partial charge on any atom is 0.266 e. The third-order valence-electron chi connectivity index (χ3n) is 4.85. The molecule has 2 aliphatic heterocycles. The zero-order valence-electron chi connectivity index (χ0n) is 16.0. The van der Waals surface area contributed by atoms with Gasteiger partial charge in [0.2, 0.25) is 0 Å². The number of rotatable bonds is 6. The van der Waals surface area contributed by atoms with Crippen molar-refractivity contribution < 1.29 is 18.7 Å². The van der Waals surface area contributed by atoms with Gasteiger partial charge < -0.3 is 9.47 Å². The monoisotopic (exact) mass is 507 g/mol. The molecule has 1 atom stereocenters. The molecule has 0 saturated carbocycles. The highest BCUT2D eigenvalue weighted by Crippen LogP contribution is 2.35. The molecule has 2 aromatic rings. The van der Waals surface area contributed by atoms with Gasteiger partial charge in [-0.3, -0.25) is 9.69 Å². The van der Waals surface area contributed by atoms with E-state index in [0.29, 0.717) is 28.1 Å². The van der Waals surface area contributed by atoms with Crippen LogP contribution >= 0.6 is 39.9 Å². The summed E-state index contributed by atoms with van der Waals surface area (Å²) in [6, 6.07) is 11.8. The average molecular weight is 508 g/mol. The zero-order valence-corrected chi connectivity index (χ0v) is 19.2. The largest absolute Gasteiger partial charge is 0.488 e. The predicted octanol–water partition coefficient (Wildman–Crippen LogP) is 5.55. The first kappa shape index (κ1) is 21.5. The molecular weight excluding hydrogens is 489 g/mol. The fraction of sp³-hybridized carbons (Fsp3) is 0.273. The minimum absolute atomic E-state index is 0.0681. The highest BCUT2D eigenvalue weighted by Gasteiger charge is 2.34. The van der Waals surface area contributed by atoms with Crippen LogP contribution in [0, 0.1) is 5.82 Å². The fourth-order valence-corrected chi connectivity index (χ4v) is 5.05. The number of thiocarbonyl (C=S) groups is 1. The minimum Gasteiger partial charge on any atom is -0.488 e. The lowest BCUT2D eigenvalue weighted by atomic mass is 10.2. The Morgan fingerprint density at radius 1 is 1.30 bits per heavy atom. The molecule has 2 aliphatic rings. The van der Waals surface area contributed by atoms with E-state index < -0.39 is 0 Å². The SMILES string of the molecule is O=C1/C(=C/c2ccc(OCc3ccc(F)cc3)c(Br)c2)SC(=S)N1C[C@H]1CCCO1. The number of ether oxygens (including phenoxy) is 2. The first-order valence-corrected chi connectivity index (χ1v) is 11.5. The molecule has 2 heterocycles. The van der Waals surface area contributed by atoms with E-state index in [-0.39, 0.29) is 17.8 Å². The van der Waals surface area contributed by atoms with Crippen LogP contribution in [0.25, 0.3) is 6.08 Å². The Bertz CT molecular complexity index is 990. The molecule has 0 aliphatic carbocycles. The summed E-state index contributed by atoms with van der Waals surface area (Å²) in [6.07, 6.45) is 3.89. The number of nitrogens with zero attached hydrogens (tertiary/aromatic N) is 1. The lowest BCUT2D eigenvalue weighted by Crippen LogP contribution is -2.35. The summed E-state index contributed by atoms with van der Waals surface area (Å²) in [7, 11) is 0. The van der Waals surface area contributed by atoms with Crippen LogP contribution in [0.5, 0.6) is 5.75 Å². The Balaban J connectivity index is 1.42. The van der Waals surface area contributed by atoms with Crippen molar-refractivity contribution >= 4 is 56.2 Å². The number of hydrogen-bond donors (Lipinski definition) is 0. The van der Waals surface area contributed by atoms with E-state index in [9.17, 15) is 9.18 Å². The van der Waals surface area contributed by atoms with Crippen LogP contribution in [0.4, 0.5) is 4.39 Å². The molecular formula is C22H19BrFNO3S2. The molecule has 156 valence electrons. The van der Waals surface area contributed by atoms with Gasteiger partial charge in [-0.25, -0.2) is 4.39 Å². The first-order valence-electron chi connectivity index (χ1n) is 9.53. The summed E-state index contributed by atoms with van der Waals surface area (Å²) in [4.78, 5) is 15.0. The van der Waals surface area contributed by atoms with Gasteiger partial charge in [-0.05, 0) is 70.2 Å². The summed E-state index contributed by atoms with van der Waals surface area (Å²) in [5.74, 6) is 0.320. The number of halogens is 2. The van der Waals surface area contributed by atoms with E-state index >= 15 is 0 Å². The van der Waals surface area contributed by atoms with Gasteiger partial charge in [-0.2, -0.15) is 0 Å². The number of carbonyl (C=O) groups is 1. The van der Waals surface area contributed by atoms with Gasteiger partial charge in [0.1, 0.15) is 22.5 Å². The zero-order chi connectivity index (χ0) is 21.1. The first-order chi connectivity index (χ1) is 14.5. The highest BCUT2D eigenvalue weighted by molar-refractivity contribution is 9.10. The smallest absolute Gasteiger partial charge is 0.266 e. The molecule has 0 aromatic heterocycles. The third-order valence-corrected chi connectivity index (χ3v) is 6.84. The predicted molar refractivity (Wildman–Crippen MR) is 124 cm³/mol. The molecule has 2 aromatic carbocycles. The van der Waals surface area contributed by atoms with Gasteiger partial charge >= 0.3 is 0 Å². The van der Waals surface area contributed by atoms with Crippen molar-refractivity contribution in [3.8, 4) is 5.75 Å². The van der Waals surface area contributed by atoms with E-state index in [0.717, 1.165) is 35.0 Å². The van der Waals surface area contributed by atoms with Gasteiger partial charge in [-0.15, -0.1) is 0 Å². The second-order valence-corrected chi connectivity index (χ2v) is 9.56. The van der Waals surface area contributed by atoms with Crippen molar-refractivity contribution in [1.82, 2.24) is 4.90 Å². The van der Waals surface area contributed by atoms with Gasteiger partial charge in [0.15, 0.2) is 0 Å². The van der Waals surface area contributed by atoms with E-state index in [4.69, 9.17) is 21.7 Å². The van der Waals surface area contributed by atoms with Crippen LogP contribution < -0.4 is 4.74 Å². The van der Waals surface area contributed by atoms with Crippen LogP contribution in [0.2, 0.25) is 0 Å². The van der Waals surface area contributed by atoms with Crippen LogP contribution in [-0.4, -0.2) is 34.4 Å². The molecule has 1 amide bonds. The van der Waals surface area contributed by atoms with E-state index in [2.05, 4.69) is 15.9 Å². The summed E-state index contributed by atoms with van der Waals surface area (Å²) in [5, 5.41) is 0. The topological polar surface area (TPSA) is 38.8 Å². The lowest BCUT2D eigenvalue weighted by Gasteiger charge is -2.18. The van der Waals surface area contributed by atoms with E-state index in [1.165, 1.54) is 23.9 Å². The molecule has 8 heteroatoms. The Labute approximate surface area is 192 Å². The highest BCUT2D eigenvalue weighted by atomic mass is 79.9. The Morgan fingerprint density at radius 3 is 2.80 bits per heavy atom. The second-order valence-electron chi connectivity index (χ2n) is 7.03. The molecule has 0 bridgehead atoms. The van der Waals surface area contributed by atoms with Gasteiger partial charge in [0, 0.05) is 6.61 Å². The van der Waals surface area contributed by atoms with Crippen molar-refractivity contribution in [2.45, 2.75) is 25.6 Å². The maximum absolute atomic E-state index is 13.0. The third kappa shape index (κ3) is 5.11. The number of amides is 1. The van der Waals surface area contributed by atoms with Crippen molar-refractivity contribution in [3.05, 3.63) is 68.8 Å². The summed E-state index contributed by atoms with van der Waals surface area (Å²) >= 11 is 10.2. The Hall–Kier alpha value is -1.74.